The highest BCUT2D eigenvalue weighted by atomic mass is 32.1. The molecule has 0 unspecified atom stereocenters. The number of halogens is 2. The van der Waals surface area contributed by atoms with Gasteiger partial charge in [0.1, 0.15) is 23.1 Å². The molecule has 0 aliphatic heterocycles. The summed E-state index contributed by atoms with van der Waals surface area (Å²) in [6.07, 6.45) is 4.77. The molecule has 0 fully saturated rings. The Morgan fingerprint density at radius 2 is 1.70 bits per heavy atom. The molecule has 2 heterocycles. The van der Waals surface area contributed by atoms with Gasteiger partial charge in [0.15, 0.2) is 4.96 Å². The third-order valence-electron chi connectivity index (χ3n) is 3.92. The quantitative estimate of drug-likeness (QED) is 0.506. The van der Waals surface area contributed by atoms with Crippen LogP contribution in [0.15, 0.2) is 66.2 Å². The van der Waals surface area contributed by atoms with Crippen LogP contribution in [0.5, 0.6) is 0 Å². The lowest BCUT2D eigenvalue weighted by atomic mass is 10.1. The second-order valence-electron chi connectivity index (χ2n) is 5.75. The summed E-state index contributed by atoms with van der Waals surface area (Å²) in [5, 5.41) is 4.69. The Kier molecular flexibility index (Phi) is 4.52. The van der Waals surface area contributed by atoms with Gasteiger partial charge in [-0.15, -0.1) is 11.3 Å². The highest BCUT2D eigenvalue weighted by molar-refractivity contribution is 7.15. The summed E-state index contributed by atoms with van der Waals surface area (Å²) in [7, 11) is 0. The second-order valence-corrected chi connectivity index (χ2v) is 6.62. The van der Waals surface area contributed by atoms with Crippen molar-refractivity contribution >= 4 is 34.1 Å². The van der Waals surface area contributed by atoms with Crippen molar-refractivity contribution in [1.82, 2.24) is 9.38 Å². The number of imidazole rings is 1. The molecular formula is C20H13F2N3OS. The van der Waals surface area contributed by atoms with Crippen LogP contribution in [0.25, 0.3) is 22.3 Å². The predicted octanol–water partition coefficient (Wildman–Crippen LogP) is 4.99. The third kappa shape index (κ3) is 3.63. The van der Waals surface area contributed by atoms with E-state index in [4.69, 9.17) is 0 Å². The molecule has 0 atom stereocenters. The molecule has 0 radical (unpaired) electrons. The first-order chi connectivity index (χ1) is 13.1. The lowest BCUT2D eigenvalue weighted by Gasteiger charge is -2.05. The van der Waals surface area contributed by atoms with Crippen molar-refractivity contribution in [3.63, 3.8) is 0 Å². The van der Waals surface area contributed by atoms with E-state index >= 15 is 0 Å². The van der Waals surface area contributed by atoms with Crippen LogP contribution in [0, 0.1) is 11.6 Å². The van der Waals surface area contributed by atoms with Crippen LogP contribution < -0.4 is 5.32 Å². The topological polar surface area (TPSA) is 46.4 Å². The molecular weight excluding hydrogens is 368 g/mol. The molecule has 4 rings (SSSR count). The molecule has 27 heavy (non-hydrogen) atoms. The number of fused-ring (bicyclic) bond motifs is 1. The van der Waals surface area contributed by atoms with Gasteiger partial charge in [0.25, 0.3) is 0 Å². The van der Waals surface area contributed by atoms with E-state index in [1.165, 1.54) is 41.7 Å². The highest BCUT2D eigenvalue weighted by Gasteiger charge is 2.16. The van der Waals surface area contributed by atoms with E-state index in [1.54, 1.807) is 40.9 Å². The Bertz CT molecular complexity index is 1130. The first-order valence-corrected chi connectivity index (χ1v) is 8.94. The molecule has 0 saturated heterocycles. The number of amides is 1. The summed E-state index contributed by atoms with van der Waals surface area (Å²) >= 11 is 1.43. The predicted molar refractivity (Wildman–Crippen MR) is 103 cm³/mol. The van der Waals surface area contributed by atoms with Crippen LogP contribution in [-0.4, -0.2) is 15.3 Å². The molecule has 1 N–H and O–H groups in total. The van der Waals surface area contributed by atoms with Gasteiger partial charge in [0.05, 0.1) is 0 Å². The molecule has 0 aliphatic carbocycles. The molecule has 4 nitrogen and oxygen atoms in total. The minimum Gasteiger partial charge on any atom is -0.306 e. The van der Waals surface area contributed by atoms with E-state index in [9.17, 15) is 13.6 Å². The van der Waals surface area contributed by atoms with E-state index in [0.29, 0.717) is 27.6 Å². The summed E-state index contributed by atoms with van der Waals surface area (Å²) in [4.78, 5) is 17.6. The lowest BCUT2D eigenvalue weighted by molar-refractivity contribution is -0.111. The van der Waals surface area contributed by atoms with E-state index in [0.717, 1.165) is 0 Å². The highest BCUT2D eigenvalue weighted by Crippen LogP contribution is 2.30. The molecule has 0 bridgehead atoms. The van der Waals surface area contributed by atoms with Crippen molar-refractivity contribution in [3.8, 4) is 11.3 Å². The number of hydrogen-bond donors (Lipinski definition) is 1. The normalized spacial score (nSPS) is 11.3. The zero-order valence-corrected chi connectivity index (χ0v) is 14.7. The van der Waals surface area contributed by atoms with Crippen molar-refractivity contribution in [1.29, 1.82) is 0 Å². The Morgan fingerprint density at radius 1 is 1.04 bits per heavy atom. The van der Waals surface area contributed by atoms with Crippen LogP contribution >= 0.6 is 11.3 Å². The first kappa shape index (κ1) is 17.1. The van der Waals surface area contributed by atoms with Crippen molar-refractivity contribution in [2.45, 2.75) is 0 Å². The van der Waals surface area contributed by atoms with Crippen LogP contribution in [0.2, 0.25) is 0 Å². The first-order valence-electron chi connectivity index (χ1n) is 8.06. The fraction of sp³-hybridized carbons (Fsp3) is 0. The number of carbonyl (C=O) groups excluding carboxylic acids is 1. The van der Waals surface area contributed by atoms with Crippen molar-refractivity contribution in [3.05, 3.63) is 83.4 Å². The lowest BCUT2D eigenvalue weighted by Crippen LogP contribution is -2.10. The number of aromatic nitrogens is 2. The Balaban J connectivity index is 1.63. The smallest absolute Gasteiger partial charge is 0.249 e. The largest absolute Gasteiger partial charge is 0.306 e. The Hall–Kier alpha value is -3.32. The van der Waals surface area contributed by atoms with E-state index < -0.39 is 0 Å². The molecule has 0 spiro atoms. The van der Waals surface area contributed by atoms with Gasteiger partial charge in [-0.2, -0.15) is 0 Å². The van der Waals surface area contributed by atoms with Crippen LogP contribution in [-0.2, 0) is 4.79 Å². The number of rotatable bonds is 4. The van der Waals surface area contributed by atoms with Crippen LogP contribution in [0.1, 0.15) is 5.56 Å². The van der Waals surface area contributed by atoms with Crippen molar-refractivity contribution in [2.75, 3.05) is 5.32 Å². The molecule has 2 aromatic heterocycles. The van der Waals surface area contributed by atoms with Crippen molar-refractivity contribution in [2.24, 2.45) is 0 Å². The molecule has 7 heteroatoms. The van der Waals surface area contributed by atoms with E-state index in [-0.39, 0.29) is 17.5 Å². The summed E-state index contributed by atoms with van der Waals surface area (Å²) < 4.78 is 27.9. The zero-order valence-electron chi connectivity index (χ0n) is 13.9. The molecule has 0 saturated carbocycles. The Labute approximate surface area is 157 Å². The standard InChI is InChI=1S/C20H13F2N3OS/c21-15-6-1-13(2-7-15)3-10-17(26)23-19-18(14-4-8-16(22)9-5-14)24-20-25(19)11-12-27-20/h1-12H,(H,23,26)/b10-3+. The maximum Gasteiger partial charge on any atom is 0.249 e. The van der Waals surface area contributed by atoms with Gasteiger partial charge >= 0.3 is 0 Å². The summed E-state index contributed by atoms with van der Waals surface area (Å²) in [6.45, 7) is 0. The fourth-order valence-corrected chi connectivity index (χ4v) is 3.33. The summed E-state index contributed by atoms with van der Waals surface area (Å²) in [5.74, 6) is -0.519. The SMILES string of the molecule is O=C(/C=C/c1ccc(F)cc1)Nc1c(-c2ccc(F)cc2)nc2sccn12. The van der Waals surface area contributed by atoms with E-state index in [1.807, 2.05) is 5.38 Å². The average Bonchev–Trinajstić information content (AvgIpc) is 3.25. The number of carbonyl (C=O) groups is 1. The molecule has 4 aromatic rings. The number of thiazole rings is 1. The minimum atomic E-state index is -0.351. The van der Waals surface area contributed by atoms with Gasteiger partial charge in [0.2, 0.25) is 5.91 Å². The summed E-state index contributed by atoms with van der Waals surface area (Å²) in [5.41, 5.74) is 1.97. The molecule has 134 valence electrons. The maximum absolute atomic E-state index is 13.2. The van der Waals surface area contributed by atoms with Gasteiger partial charge in [-0.3, -0.25) is 9.20 Å². The monoisotopic (exact) mass is 381 g/mol. The fourth-order valence-electron chi connectivity index (χ4n) is 2.62. The second kappa shape index (κ2) is 7.13. The number of benzene rings is 2. The number of hydrogen-bond acceptors (Lipinski definition) is 3. The average molecular weight is 381 g/mol. The maximum atomic E-state index is 13.2. The van der Waals surface area contributed by atoms with Gasteiger partial charge in [0, 0.05) is 23.2 Å². The molecule has 2 aromatic carbocycles. The van der Waals surface area contributed by atoms with Crippen LogP contribution in [0.4, 0.5) is 14.6 Å². The summed E-state index contributed by atoms with van der Waals surface area (Å²) in [6, 6.07) is 11.8. The van der Waals surface area contributed by atoms with Gasteiger partial charge in [-0.05, 0) is 48.0 Å². The third-order valence-corrected chi connectivity index (χ3v) is 4.68. The number of nitrogens with one attached hydrogen (secondary N) is 1. The Morgan fingerprint density at radius 3 is 2.41 bits per heavy atom. The van der Waals surface area contributed by atoms with Crippen LogP contribution in [0.3, 0.4) is 0 Å². The number of nitrogens with zero attached hydrogens (tertiary/aromatic N) is 2. The molecule has 1 amide bonds. The number of anilines is 1. The van der Waals surface area contributed by atoms with Gasteiger partial charge in [-0.25, -0.2) is 13.8 Å². The van der Waals surface area contributed by atoms with E-state index in [2.05, 4.69) is 10.3 Å². The zero-order chi connectivity index (χ0) is 18.8. The van der Waals surface area contributed by atoms with Gasteiger partial charge in [-0.1, -0.05) is 12.1 Å². The molecule has 0 aliphatic rings. The van der Waals surface area contributed by atoms with Gasteiger partial charge < -0.3 is 5.32 Å². The minimum absolute atomic E-state index is 0.334. The van der Waals surface area contributed by atoms with Crippen molar-refractivity contribution < 1.29 is 13.6 Å².